The van der Waals surface area contributed by atoms with Crippen molar-refractivity contribution in [1.29, 1.82) is 0 Å². The Bertz CT molecular complexity index is 1430. The smallest absolute Gasteiger partial charge is 0.306 e. The summed E-state index contributed by atoms with van der Waals surface area (Å²) in [7, 11) is 0. The summed E-state index contributed by atoms with van der Waals surface area (Å²) in [6.45, 7) is 6.11. The number of rotatable bonds is 39. The van der Waals surface area contributed by atoms with Crippen molar-refractivity contribution in [3.05, 3.63) is 146 Å². The first-order valence-electron chi connectivity index (χ1n) is 23.5. The maximum Gasteiger partial charge on any atom is 0.306 e. The van der Waals surface area contributed by atoms with Gasteiger partial charge in [0.25, 0.3) is 0 Å². The molecule has 0 rings (SSSR count). The largest absolute Gasteiger partial charge is 0.462 e. The highest BCUT2D eigenvalue weighted by molar-refractivity contribution is 5.71. The number of hydrogen-bond acceptors (Lipinski definition) is 6. The van der Waals surface area contributed by atoms with E-state index < -0.39 is 6.10 Å². The fourth-order valence-electron chi connectivity index (χ4n) is 5.61. The predicted octanol–water partition coefficient (Wildman–Crippen LogP) is 15.3. The molecular weight excluding hydrogens is 757 g/mol. The summed E-state index contributed by atoms with van der Waals surface area (Å²) in [5, 5.41) is 0. The van der Waals surface area contributed by atoms with Crippen molar-refractivity contribution >= 4 is 17.9 Å². The molecule has 1 atom stereocenters. The van der Waals surface area contributed by atoms with Crippen LogP contribution in [0.25, 0.3) is 0 Å². The fourth-order valence-corrected chi connectivity index (χ4v) is 5.61. The molecule has 61 heavy (non-hydrogen) atoms. The first-order valence-corrected chi connectivity index (χ1v) is 23.5. The van der Waals surface area contributed by atoms with Crippen molar-refractivity contribution in [2.75, 3.05) is 13.2 Å². The van der Waals surface area contributed by atoms with Gasteiger partial charge in [0.15, 0.2) is 6.10 Å². The second-order valence-electron chi connectivity index (χ2n) is 14.7. The zero-order valence-electron chi connectivity index (χ0n) is 38.4. The van der Waals surface area contributed by atoms with Crippen LogP contribution in [0.1, 0.15) is 162 Å². The van der Waals surface area contributed by atoms with Crippen LogP contribution >= 0.6 is 0 Å². The number of ether oxygens (including phenoxy) is 3. The van der Waals surface area contributed by atoms with Crippen molar-refractivity contribution in [3.63, 3.8) is 0 Å². The van der Waals surface area contributed by atoms with Crippen molar-refractivity contribution in [3.8, 4) is 0 Å². The molecule has 0 aromatic carbocycles. The molecule has 0 saturated heterocycles. The van der Waals surface area contributed by atoms with Crippen LogP contribution in [0.2, 0.25) is 0 Å². The summed E-state index contributed by atoms with van der Waals surface area (Å²) in [4.78, 5) is 37.8. The number of allylic oxidation sites excluding steroid dienone is 24. The van der Waals surface area contributed by atoms with Gasteiger partial charge in [0, 0.05) is 19.3 Å². The van der Waals surface area contributed by atoms with E-state index in [1.807, 2.05) is 60.8 Å². The summed E-state index contributed by atoms with van der Waals surface area (Å²) >= 11 is 0. The zero-order valence-corrected chi connectivity index (χ0v) is 38.4. The summed E-state index contributed by atoms with van der Waals surface area (Å²) in [6.07, 6.45) is 68.3. The molecule has 0 saturated carbocycles. The average molecular weight is 839 g/mol. The third-order valence-corrected chi connectivity index (χ3v) is 9.04. The first-order chi connectivity index (χ1) is 30.0. The SMILES string of the molecule is CC\C=C/C=C\C=C/C=C\C=C\C=C/CCCCCC(=O)OCC(COC(=O)CCC/C=C\C/C=C\C/C=C\CC)OC(=O)CCCCCCCCC\C=C/C=C\C=C/CC. The van der Waals surface area contributed by atoms with Gasteiger partial charge in [0.1, 0.15) is 13.2 Å². The Kier molecular flexibility index (Phi) is 44.3. The van der Waals surface area contributed by atoms with Crippen molar-refractivity contribution in [1.82, 2.24) is 0 Å². The van der Waals surface area contributed by atoms with Gasteiger partial charge in [0.2, 0.25) is 0 Å². The van der Waals surface area contributed by atoms with Gasteiger partial charge in [-0.1, -0.05) is 205 Å². The van der Waals surface area contributed by atoms with E-state index in [9.17, 15) is 14.4 Å². The average Bonchev–Trinajstić information content (AvgIpc) is 3.26. The molecule has 0 aliphatic carbocycles. The van der Waals surface area contributed by atoms with Crippen molar-refractivity contribution < 1.29 is 28.6 Å². The standard InChI is InChI=1S/C55H82O6/c1-4-7-10-13-16-19-22-24-26-27-29-30-33-36-39-42-45-48-54(57)60-51-52(50-59-53(56)47-44-41-38-35-32-21-18-15-12-9-6-3)61-55(58)49-46-43-40-37-34-31-28-25-23-20-17-14-11-8-5-2/h7-14,16-24,26-27,29-30,33,35,38,52H,4-6,15,25,28,31-32,34,36-37,39-51H2,1-3H3/b10-7-,11-8-,12-9-,16-13-,17-14-,21-18-,22-19-,23-20-,26-24-,29-27+,33-30-,38-35-. The zero-order chi connectivity index (χ0) is 44.4. The molecule has 338 valence electrons. The Labute approximate surface area is 372 Å². The highest BCUT2D eigenvalue weighted by Crippen LogP contribution is 2.12. The molecule has 6 nitrogen and oxygen atoms in total. The van der Waals surface area contributed by atoms with E-state index in [1.165, 1.54) is 19.3 Å². The Morgan fingerprint density at radius 3 is 1.18 bits per heavy atom. The third-order valence-electron chi connectivity index (χ3n) is 9.04. The van der Waals surface area contributed by atoms with Crippen LogP contribution in [-0.2, 0) is 28.6 Å². The minimum atomic E-state index is -0.828. The summed E-state index contributed by atoms with van der Waals surface area (Å²) in [5.41, 5.74) is 0. The third kappa shape index (κ3) is 46.2. The predicted molar refractivity (Wildman–Crippen MR) is 260 cm³/mol. The van der Waals surface area contributed by atoms with E-state index >= 15 is 0 Å². The molecular formula is C55H82O6. The maximum atomic E-state index is 12.8. The normalized spacial score (nSPS) is 13.4. The van der Waals surface area contributed by atoms with Gasteiger partial charge in [0.05, 0.1) is 0 Å². The van der Waals surface area contributed by atoms with E-state index in [0.717, 1.165) is 89.9 Å². The van der Waals surface area contributed by atoms with Crippen LogP contribution in [0.5, 0.6) is 0 Å². The number of unbranched alkanes of at least 4 members (excludes halogenated alkanes) is 11. The van der Waals surface area contributed by atoms with E-state index in [0.29, 0.717) is 12.8 Å². The van der Waals surface area contributed by atoms with Crippen LogP contribution in [0.15, 0.2) is 146 Å². The van der Waals surface area contributed by atoms with Gasteiger partial charge < -0.3 is 14.2 Å². The minimum Gasteiger partial charge on any atom is -0.462 e. The number of carbonyl (C=O) groups is 3. The minimum absolute atomic E-state index is 0.129. The lowest BCUT2D eigenvalue weighted by Crippen LogP contribution is -2.30. The Morgan fingerprint density at radius 1 is 0.344 bits per heavy atom. The topological polar surface area (TPSA) is 78.9 Å². The molecule has 0 aliphatic heterocycles. The first kappa shape index (κ1) is 56.3. The lowest BCUT2D eigenvalue weighted by atomic mass is 10.1. The Morgan fingerprint density at radius 2 is 0.689 bits per heavy atom. The molecule has 0 fully saturated rings. The monoisotopic (exact) mass is 839 g/mol. The second kappa shape index (κ2) is 48.0. The van der Waals surface area contributed by atoms with E-state index in [-0.39, 0.29) is 50.4 Å². The summed E-state index contributed by atoms with van der Waals surface area (Å²) < 4.78 is 16.6. The highest BCUT2D eigenvalue weighted by atomic mass is 16.6. The van der Waals surface area contributed by atoms with Crippen molar-refractivity contribution in [2.24, 2.45) is 0 Å². The molecule has 0 amide bonds. The van der Waals surface area contributed by atoms with Crippen LogP contribution in [-0.4, -0.2) is 37.2 Å². The number of hydrogen-bond donors (Lipinski definition) is 0. The lowest BCUT2D eigenvalue weighted by Gasteiger charge is -2.18. The highest BCUT2D eigenvalue weighted by Gasteiger charge is 2.19. The fraction of sp³-hybridized carbons (Fsp3) is 0.509. The molecule has 0 aromatic rings. The van der Waals surface area contributed by atoms with Gasteiger partial charge in [-0.15, -0.1) is 0 Å². The van der Waals surface area contributed by atoms with Crippen LogP contribution in [0, 0.1) is 0 Å². The summed E-state index contributed by atoms with van der Waals surface area (Å²) in [5.74, 6) is -1.05. The van der Waals surface area contributed by atoms with E-state index in [1.54, 1.807) is 0 Å². The number of esters is 3. The molecule has 1 unspecified atom stereocenters. The Hall–Kier alpha value is -4.71. The molecule has 0 aromatic heterocycles. The molecule has 0 radical (unpaired) electrons. The van der Waals surface area contributed by atoms with Gasteiger partial charge in [-0.25, -0.2) is 0 Å². The number of carbonyl (C=O) groups excluding carboxylic acids is 3. The molecule has 6 heteroatoms. The van der Waals surface area contributed by atoms with Gasteiger partial charge in [-0.2, -0.15) is 0 Å². The lowest BCUT2D eigenvalue weighted by molar-refractivity contribution is -0.167. The second-order valence-corrected chi connectivity index (χ2v) is 14.7. The molecule has 0 aliphatic rings. The quantitative estimate of drug-likeness (QED) is 0.0202. The molecule has 0 N–H and O–H groups in total. The molecule has 0 heterocycles. The Balaban J connectivity index is 4.58. The molecule has 0 spiro atoms. The van der Waals surface area contributed by atoms with Gasteiger partial charge >= 0.3 is 17.9 Å². The van der Waals surface area contributed by atoms with E-state index in [4.69, 9.17) is 14.2 Å². The van der Waals surface area contributed by atoms with Crippen LogP contribution in [0.3, 0.4) is 0 Å². The molecule has 0 bridgehead atoms. The van der Waals surface area contributed by atoms with E-state index in [2.05, 4.69) is 106 Å². The van der Waals surface area contributed by atoms with Crippen LogP contribution in [0.4, 0.5) is 0 Å². The van der Waals surface area contributed by atoms with Crippen molar-refractivity contribution in [2.45, 2.75) is 168 Å². The maximum absolute atomic E-state index is 12.8. The van der Waals surface area contributed by atoms with Gasteiger partial charge in [-0.3, -0.25) is 14.4 Å². The van der Waals surface area contributed by atoms with Crippen LogP contribution < -0.4 is 0 Å². The van der Waals surface area contributed by atoms with Gasteiger partial charge in [-0.05, 0) is 83.5 Å². The summed E-state index contributed by atoms with van der Waals surface area (Å²) in [6, 6.07) is 0.